The van der Waals surface area contributed by atoms with Crippen LogP contribution in [0.1, 0.15) is 78.2 Å². The van der Waals surface area contributed by atoms with Crippen molar-refractivity contribution in [2.45, 2.75) is 125 Å². The Morgan fingerprint density at radius 3 is 2.44 bits per heavy atom. The van der Waals surface area contributed by atoms with Gasteiger partial charge in [0.25, 0.3) is 0 Å². The fourth-order valence-electron chi connectivity index (χ4n) is 8.40. The van der Waals surface area contributed by atoms with Crippen molar-refractivity contribution in [3.05, 3.63) is 46.5 Å². The highest BCUT2D eigenvalue weighted by atomic mass is 127. The topological polar surface area (TPSA) is 213 Å². The number of carbonyl (C=O) groups is 5. The molecule has 1 unspecified atom stereocenters. The number of hydrogen-bond acceptors (Lipinski definition) is 16. The highest BCUT2D eigenvalue weighted by Crippen LogP contribution is 2.51. The van der Waals surface area contributed by atoms with Gasteiger partial charge in [0.2, 0.25) is 17.7 Å². The quantitative estimate of drug-likeness (QED) is 0.0332. The molecule has 7 atom stereocenters. The van der Waals surface area contributed by atoms with Crippen LogP contribution < -0.4 is 24.0 Å². The number of hydrazine groups is 1. The Kier molecular flexibility index (Phi) is 20.8. The maximum Gasteiger partial charge on any atom is 0.409 e. The summed E-state index contributed by atoms with van der Waals surface area (Å²) in [6.45, 7) is 7.44. The lowest BCUT2D eigenvalue weighted by atomic mass is 9.72. The molecule has 5 rings (SSSR count). The average molecular weight is 1100 g/mol. The number of rotatable bonds is 19. The van der Waals surface area contributed by atoms with Gasteiger partial charge in [-0.05, 0) is 64.7 Å². The number of halogens is 2. The van der Waals surface area contributed by atoms with Crippen LogP contribution in [0.2, 0.25) is 5.02 Å². The molecule has 2 saturated heterocycles. The molecule has 370 valence electrons. The van der Waals surface area contributed by atoms with Crippen molar-refractivity contribution in [3.63, 3.8) is 0 Å². The van der Waals surface area contributed by atoms with Gasteiger partial charge in [0, 0.05) is 89.7 Å². The lowest BCUT2D eigenvalue weighted by Gasteiger charge is -2.59. The van der Waals surface area contributed by atoms with E-state index in [1.165, 1.54) is 41.9 Å². The van der Waals surface area contributed by atoms with Gasteiger partial charge >= 0.3 is 12.1 Å². The Balaban J connectivity index is 1.61. The second-order valence-electron chi connectivity index (χ2n) is 17.4. The summed E-state index contributed by atoms with van der Waals surface area (Å²) in [6, 6.07) is 2.48. The summed E-state index contributed by atoms with van der Waals surface area (Å²) < 4.78 is 42.9. The van der Waals surface area contributed by atoms with Gasteiger partial charge in [-0.1, -0.05) is 57.0 Å². The van der Waals surface area contributed by atoms with E-state index in [-0.39, 0.29) is 55.7 Å². The minimum absolute atomic E-state index is 0.0453. The maximum atomic E-state index is 14.4. The van der Waals surface area contributed by atoms with E-state index < -0.39 is 64.0 Å². The zero-order valence-electron chi connectivity index (χ0n) is 39.3. The van der Waals surface area contributed by atoms with Crippen LogP contribution in [0.5, 0.6) is 5.75 Å². The number of methoxy groups -OCH3 is 4. The van der Waals surface area contributed by atoms with Crippen molar-refractivity contribution in [1.29, 1.82) is 0 Å². The van der Waals surface area contributed by atoms with E-state index in [1.807, 2.05) is 35.9 Å². The molecule has 2 fully saturated rings. The van der Waals surface area contributed by atoms with Crippen LogP contribution >= 0.6 is 56.1 Å². The number of anilines is 1. The molecular weight excluding hydrogens is 1030 g/mol. The van der Waals surface area contributed by atoms with Crippen molar-refractivity contribution >= 4 is 91.5 Å². The number of amides is 4. The van der Waals surface area contributed by atoms with Gasteiger partial charge in [0.15, 0.2) is 5.72 Å². The fraction of sp³-hybridized carbons (Fsp3) is 0.659. The number of nitrogens with one attached hydrogen (secondary N) is 3. The zero-order chi connectivity index (χ0) is 49.0. The molecule has 18 nitrogen and oxygen atoms in total. The molecule has 4 aliphatic rings. The lowest BCUT2D eigenvalue weighted by molar-refractivity contribution is -0.328. The summed E-state index contributed by atoms with van der Waals surface area (Å²) in [5.74, 6) is -0.676. The molecule has 4 amide bonds. The van der Waals surface area contributed by atoms with E-state index >= 15 is 0 Å². The summed E-state index contributed by atoms with van der Waals surface area (Å²) >= 11 is 8.66. The second-order valence-corrected chi connectivity index (χ2v) is 21.2. The molecular formula is C44H65ClIN5O13S2. The number of alkyl carbamates (subject to hydrolysis) is 1. The maximum absolute atomic E-state index is 14.4. The van der Waals surface area contributed by atoms with Crippen molar-refractivity contribution < 1.29 is 62.2 Å². The molecule has 4 aliphatic heterocycles. The van der Waals surface area contributed by atoms with E-state index in [4.69, 9.17) is 44.8 Å². The highest BCUT2D eigenvalue weighted by Gasteiger charge is 2.63. The number of benzene rings is 1. The Bertz CT molecular complexity index is 1950. The first-order valence-electron chi connectivity index (χ1n) is 21.4. The number of allylic oxidation sites excluding steroid dienone is 3. The average Bonchev–Trinajstić information content (AvgIpc) is 3.25. The van der Waals surface area contributed by atoms with Gasteiger partial charge in [-0.25, -0.2) is 9.59 Å². The molecule has 0 aromatic heterocycles. The Morgan fingerprint density at radius 2 is 1.82 bits per heavy atom. The monoisotopic (exact) mass is 1100 g/mol. The number of aliphatic hydroxyl groups is 1. The van der Waals surface area contributed by atoms with Crippen molar-refractivity contribution in [1.82, 2.24) is 19.3 Å². The predicted octanol–water partition coefficient (Wildman–Crippen LogP) is 5.60. The van der Waals surface area contributed by atoms with Crippen LogP contribution in [0.4, 0.5) is 10.5 Å². The smallest absolute Gasteiger partial charge is 0.409 e. The van der Waals surface area contributed by atoms with E-state index in [9.17, 15) is 29.1 Å². The fourth-order valence-corrected chi connectivity index (χ4v) is 12.0. The standard InChI is InChI=1S/C44H65ClIN5O13S2/c1-27-13-11-14-32(61-10)44(57)23-34(63-40(56)47-44)42(4)24-41(3,64-42)33(22-37(54)51(6)30-20-29(19-27)21-31(60-9)38(30)45)62-39(55)28(2)50(5)36(53)16-17-43(25-58-7,26-59-8)66-65-18-12-15-35(52)48-49-46/h11,13-14,20-21,28,32-34,49,57H,12,15-19,22-26H2,1-10H3,(H,47,56)(H,48,52)/b14-11+,27-13+/t28-,32+,33-,34-,41+,42?,44-/m0/s1. The van der Waals surface area contributed by atoms with Gasteiger partial charge < -0.3 is 48.1 Å². The lowest BCUT2D eigenvalue weighted by Crippen LogP contribution is -2.72. The van der Waals surface area contributed by atoms with Crippen molar-refractivity contribution in [2.24, 2.45) is 0 Å². The molecule has 0 spiro atoms. The highest BCUT2D eigenvalue weighted by molar-refractivity contribution is 14.1. The van der Waals surface area contributed by atoms with E-state index in [0.717, 1.165) is 11.1 Å². The summed E-state index contributed by atoms with van der Waals surface area (Å²) in [6.07, 6.45) is 2.62. The van der Waals surface area contributed by atoms with Crippen LogP contribution in [0, 0.1) is 0 Å². The van der Waals surface area contributed by atoms with E-state index in [0.29, 0.717) is 42.9 Å². The number of esters is 1. The Labute approximate surface area is 414 Å². The summed E-state index contributed by atoms with van der Waals surface area (Å²) in [5, 5.41) is 14.6. The normalized spacial score (nSPS) is 27.6. The third kappa shape index (κ3) is 14.1. The van der Waals surface area contributed by atoms with Gasteiger partial charge in [-0.15, -0.1) is 0 Å². The predicted molar refractivity (Wildman–Crippen MR) is 261 cm³/mol. The number of fused-ring (bicyclic) bond motifs is 6. The summed E-state index contributed by atoms with van der Waals surface area (Å²) in [5.41, 5.74) is 0.204. The third-order valence-electron chi connectivity index (χ3n) is 12.1. The number of carbonyl (C=O) groups excluding carboxylic acids is 5. The zero-order valence-corrected chi connectivity index (χ0v) is 43.8. The number of nitrogens with zero attached hydrogens (tertiary/aromatic N) is 2. The molecule has 4 N–H and O–H groups in total. The minimum atomic E-state index is -1.89. The van der Waals surface area contributed by atoms with Crippen LogP contribution in [-0.2, 0) is 54.0 Å². The number of hydrogen-bond donors (Lipinski definition) is 4. The van der Waals surface area contributed by atoms with Crippen LogP contribution in [-0.4, -0.2) is 147 Å². The molecule has 22 heteroatoms. The van der Waals surface area contributed by atoms with Crippen LogP contribution in [0.25, 0.3) is 0 Å². The number of ether oxygens (including phenoxy) is 7. The van der Waals surface area contributed by atoms with Gasteiger partial charge in [0.05, 0.1) is 37.2 Å². The van der Waals surface area contributed by atoms with E-state index in [1.54, 1.807) is 77.1 Å². The largest absolute Gasteiger partial charge is 0.495 e. The molecule has 66 heavy (non-hydrogen) atoms. The van der Waals surface area contributed by atoms with Gasteiger partial charge in [0.1, 0.15) is 46.3 Å². The first-order chi connectivity index (χ1) is 31.1. The third-order valence-corrected chi connectivity index (χ3v) is 16.0. The summed E-state index contributed by atoms with van der Waals surface area (Å²) in [7, 11) is 12.2. The molecule has 1 aromatic carbocycles. The first kappa shape index (κ1) is 55.7. The molecule has 0 radical (unpaired) electrons. The SMILES string of the molecule is COCC(CCC(=O)N(C)[C@@H](C)C(=O)O[C@H]1CC(=O)N(C)c2cc(cc(OC)c2Cl)C/C(C)=C/C=C/[C@@H](OC)[C@@]2(O)C[C@H](OC(=O)N2)C2(C)C[C@@]1(C)O2)(COC)SSCCCC(=O)NNI. The minimum Gasteiger partial charge on any atom is -0.495 e. The van der Waals surface area contributed by atoms with Gasteiger partial charge in [-0.2, -0.15) is 3.64 Å². The van der Waals surface area contributed by atoms with Crippen LogP contribution in [0.3, 0.4) is 0 Å². The molecule has 0 aliphatic carbocycles. The number of likely N-dealkylation sites (N-methyl/N-ethyl adjacent to an activating group) is 1. The van der Waals surface area contributed by atoms with Crippen molar-refractivity contribution in [2.75, 3.05) is 66.4 Å². The van der Waals surface area contributed by atoms with Gasteiger partial charge in [-0.3, -0.25) is 25.1 Å². The summed E-state index contributed by atoms with van der Waals surface area (Å²) in [4.78, 5) is 69.9. The van der Waals surface area contributed by atoms with Crippen LogP contribution in [0.15, 0.2) is 35.9 Å². The molecule has 6 bridgehead atoms. The van der Waals surface area contributed by atoms with Crippen molar-refractivity contribution in [3.8, 4) is 5.75 Å². The Morgan fingerprint density at radius 1 is 1.14 bits per heavy atom. The molecule has 1 aromatic rings. The Hall–Kier alpha value is -2.87. The molecule has 0 saturated carbocycles. The van der Waals surface area contributed by atoms with E-state index in [2.05, 4.69) is 14.4 Å². The molecule has 4 heterocycles. The second kappa shape index (κ2) is 24.6. The first-order valence-corrected chi connectivity index (χ1v) is 25.2.